The number of halogens is 2. The smallest absolute Gasteiger partial charge is 0.221 e. The van der Waals surface area contributed by atoms with Gasteiger partial charge in [0.1, 0.15) is 11.6 Å². The summed E-state index contributed by atoms with van der Waals surface area (Å²) in [6.45, 7) is 2.99. The normalized spacial score (nSPS) is 20.5. The number of ether oxygens (including phenoxy) is 1. The Morgan fingerprint density at radius 3 is 2.92 bits per heavy atom. The van der Waals surface area contributed by atoms with E-state index in [0.717, 1.165) is 12.5 Å². The Hall–Kier alpha value is -2.32. The molecule has 1 amide bonds. The van der Waals surface area contributed by atoms with E-state index in [0.29, 0.717) is 30.9 Å². The van der Waals surface area contributed by atoms with Gasteiger partial charge in [0, 0.05) is 51.0 Å². The van der Waals surface area contributed by atoms with Gasteiger partial charge in [-0.05, 0) is 12.5 Å². The van der Waals surface area contributed by atoms with Crippen LogP contribution in [0.15, 0.2) is 30.6 Å². The van der Waals surface area contributed by atoms with Crippen molar-refractivity contribution in [2.75, 3.05) is 25.6 Å². The van der Waals surface area contributed by atoms with Crippen LogP contribution in [0, 0.1) is 11.6 Å². The lowest BCUT2D eigenvalue weighted by Crippen LogP contribution is -2.32. The quantitative estimate of drug-likeness (QED) is 0.856. The topological polar surface area (TPSA) is 59.4 Å². The van der Waals surface area contributed by atoms with Crippen LogP contribution in [-0.4, -0.2) is 46.9 Å². The lowest BCUT2D eigenvalue weighted by molar-refractivity contribution is -0.114. The van der Waals surface area contributed by atoms with Gasteiger partial charge in [-0.3, -0.25) is 14.4 Å². The summed E-state index contributed by atoms with van der Waals surface area (Å²) in [6, 6.07) is 3.83. The van der Waals surface area contributed by atoms with Gasteiger partial charge < -0.3 is 10.1 Å². The van der Waals surface area contributed by atoms with Crippen LogP contribution in [-0.2, 0) is 16.1 Å². The Kier molecular flexibility index (Phi) is 5.63. The SMILES string of the molecule is COC[C@@H]1C[C@H](n2cc(NC(C)=O)cn2)CN1Cc1ccc(F)cc1F. The van der Waals surface area contributed by atoms with Crippen LogP contribution in [0.25, 0.3) is 0 Å². The third-order valence-electron chi connectivity index (χ3n) is 4.55. The number of carbonyl (C=O) groups excluding carboxylic acids is 1. The molecule has 1 aromatic carbocycles. The van der Waals surface area contributed by atoms with Gasteiger partial charge in [0.05, 0.1) is 24.5 Å². The van der Waals surface area contributed by atoms with Crippen LogP contribution in [0.5, 0.6) is 0 Å². The Labute approximate surface area is 150 Å². The molecule has 26 heavy (non-hydrogen) atoms. The van der Waals surface area contributed by atoms with Crippen LogP contribution in [0.4, 0.5) is 14.5 Å². The van der Waals surface area contributed by atoms with Crippen LogP contribution in [0.1, 0.15) is 24.9 Å². The van der Waals surface area contributed by atoms with E-state index >= 15 is 0 Å². The van der Waals surface area contributed by atoms with Crippen LogP contribution in [0.3, 0.4) is 0 Å². The van der Waals surface area contributed by atoms with Crippen LogP contribution >= 0.6 is 0 Å². The van der Waals surface area contributed by atoms with Gasteiger partial charge in [0.15, 0.2) is 0 Å². The van der Waals surface area contributed by atoms with Gasteiger partial charge in [-0.25, -0.2) is 8.78 Å². The summed E-state index contributed by atoms with van der Waals surface area (Å²) in [6.07, 6.45) is 4.19. The van der Waals surface area contributed by atoms with Crippen molar-refractivity contribution >= 4 is 11.6 Å². The van der Waals surface area contributed by atoms with Crippen LogP contribution in [0.2, 0.25) is 0 Å². The van der Waals surface area contributed by atoms with Gasteiger partial charge >= 0.3 is 0 Å². The fourth-order valence-electron chi connectivity index (χ4n) is 3.38. The molecular formula is C18H22F2N4O2. The first-order chi connectivity index (χ1) is 12.5. The van der Waals surface area contributed by atoms with Gasteiger partial charge in [-0.2, -0.15) is 5.10 Å². The highest BCUT2D eigenvalue weighted by molar-refractivity contribution is 5.88. The highest BCUT2D eigenvalue weighted by Gasteiger charge is 2.34. The zero-order valence-electron chi connectivity index (χ0n) is 14.8. The second kappa shape index (κ2) is 7.92. The lowest BCUT2D eigenvalue weighted by Gasteiger charge is -2.23. The van der Waals surface area contributed by atoms with E-state index in [2.05, 4.69) is 15.3 Å². The average molecular weight is 364 g/mol. The molecule has 0 aliphatic carbocycles. The van der Waals surface area contributed by atoms with Gasteiger partial charge in [-0.15, -0.1) is 0 Å². The van der Waals surface area contributed by atoms with Gasteiger partial charge in [0.2, 0.25) is 5.91 Å². The Morgan fingerprint density at radius 2 is 2.23 bits per heavy atom. The Balaban J connectivity index is 1.73. The molecule has 1 aliphatic heterocycles. The third-order valence-corrected chi connectivity index (χ3v) is 4.55. The summed E-state index contributed by atoms with van der Waals surface area (Å²) in [7, 11) is 1.63. The monoisotopic (exact) mass is 364 g/mol. The molecule has 1 aromatic heterocycles. The minimum absolute atomic E-state index is 0.0844. The fourth-order valence-corrected chi connectivity index (χ4v) is 3.38. The van der Waals surface area contributed by atoms with Crippen molar-refractivity contribution in [3.63, 3.8) is 0 Å². The van der Waals surface area contributed by atoms with Gasteiger partial charge in [0.25, 0.3) is 0 Å². The fraction of sp³-hybridized carbons (Fsp3) is 0.444. The van der Waals surface area contributed by atoms with Crippen molar-refractivity contribution < 1.29 is 18.3 Å². The van der Waals surface area contributed by atoms with E-state index in [9.17, 15) is 13.6 Å². The molecule has 1 fully saturated rings. The Morgan fingerprint density at radius 1 is 1.42 bits per heavy atom. The standard InChI is InChI=1S/C18H22F2N4O2/c1-12(25)22-15-7-21-24(9-15)16-6-17(11-26-2)23(10-16)8-13-3-4-14(19)5-18(13)20/h3-5,7,9,16-17H,6,8,10-11H2,1-2H3,(H,22,25)/t16-,17-/m0/s1. The molecule has 0 radical (unpaired) electrons. The molecule has 0 unspecified atom stereocenters. The molecule has 3 rings (SSSR count). The number of methoxy groups -OCH3 is 1. The summed E-state index contributed by atoms with van der Waals surface area (Å²) in [5, 5.41) is 7.03. The predicted octanol–water partition coefficient (Wildman–Crippen LogP) is 2.58. The minimum atomic E-state index is -0.582. The van der Waals surface area contributed by atoms with E-state index in [4.69, 9.17) is 4.74 Å². The number of rotatable bonds is 6. The number of hydrogen-bond donors (Lipinski definition) is 1. The molecule has 0 spiro atoms. The number of carbonyl (C=O) groups is 1. The van der Waals surface area contributed by atoms with E-state index in [1.54, 1.807) is 19.5 Å². The van der Waals surface area contributed by atoms with E-state index in [1.165, 1.54) is 19.1 Å². The second-order valence-electron chi connectivity index (χ2n) is 6.55. The summed E-state index contributed by atoms with van der Waals surface area (Å²) in [5.74, 6) is -1.28. The maximum Gasteiger partial charge on any atom is 0.221 e. The van der Waals surface area contributed by atoms with Crippen molar-refractivity contribution in [3.05, 3.63) is 47.8 Å². The summed E-state index contributed by atoms with van der Waals surface area (Å²) >= 11 is 0. The lowest BCUT2D eigenvalue weighted by atomic mass is 10.1. The number of benzene rings is 1. The molecule has 2 aromatic rings. The van der Waals surface area contributed by atoms with E-state index in [1.807, 2.05) is 4.68 Å². The Bertz CT molecular complexity index is 780. The number of nitrogens with zero attached hydrogens (tertiary/aromatic N) is 3. The number of amides is 1. The number of anilines is 1. The molecule has 0 bridgehead atoms. The molecule has 8 heteroatoms. The highest BCUT2D eigenvalue weighted by atomic mass is 19.1. The molecule has 2 atom stereocenters. The van der Waals surface area contributed by atoms with Crippen molar-refractivity contribution in [1.29, 1.82) is 0 Å². The van der Waals surface area contributed by atoms with Crippen LogP contribution < -0.4 is 5.32 Å². The maximum absolute atomic E-state index is 14.0. The number of nitrogens with one attached hydrogen (secondary N) is 1. The van der Waals surface area contributed by atoms with E-state index < -0.39 is 11.6 Å². The highest BCUT2D eigenvalue weighted by Crippen LogP contribution is 2.30. The van der Waals surface area contributed by atoms with Crippen molar-refractivity contribution in [1.82, 2.24) is 14.7 Å². The maximum atomic E-state index is 14.0. The average Bonchev–Trinajstić information content (AvgIpc) is 3.17. The molecular weight excluding hydrogens is 342 g/mol. The molecule has 6 nitrogen and oxygen atoms in total. The predicted molar refractivity (Wildman–Crippen MR) is 92.6 cm³/mol. The number of aromatic nitrogens is 2. The zero-order chi connectivity index (χ0) is 18.7. The summed E-state index contributed by atoms with van der Waals surface area (Å²) < 4.78 is 34.2. The molecule has 1 aliphatic rings. The van der Waals surface area contributed by atoms with E-state index in [-0.39, 0.29) is 18.0 Å². The summed E-state index contributed by atoms with van der Waals surface area (Å²) in [4.78, 5) is 13.3. The number of likely N-dealkylation sites (tertiary alicyclic amines) is 1. The first-order valence-electron chi connectivity index (χ1n) is 8.45. The number of hydrogen-bond acceptors (Lipinski definition) is 4. The minimum Gasteiger partial charge on any atom is -0.383 e. The molecule has 140 valence electrons. The molecule has 1 N–H and O–H groups in total. The second-order valence-corrected chi connectivity index (χ2v) is 6.55. The molecule has 1 saturated heterocycles. The molecule has 0 saturated carbocycles. The first-order valence-corrected chi connectivity index (χ1v) is 8.45. The largest absolute Gasteiger partial charge is 0.383 e. The van der Waals surface area contributed by atoms with Gasteiger partial charge in [-0.1, -0.05) is 6.07 Å². The van der Waals surface area contributed by atoms with Crippen molar-refractivity contribution in [2.45, 2.75) is 32.0 Å². The van der Waals surface area contributed by atoms with Crippen molar-refractivity contribution in [2.24, 2.45) is 0 Å². The third kappa shape index (κ3) is 4.25. The summed E-state index contributed by atoms with van der Waals surface area (Å²) in [5.41, 5.74) is 1.09. The molecule has 2 heterocycles. The zero-order valence-corrected chi connectivity index (χ0v) is 14.8. The first kappa shape index (κ1) is 18.5. The van der Waals surface area contributed by atoms with Crippen molar-refractivity contribution in [3.8, 4) is 0 Å².